The molecule has 0 spiro atoms. The first-order chi connectivity index (χ1) is 19.9. The molecule has 0 aliphatic rings. The fourth-order valence-corrected chi connectivity index (χ4v) is 3.91. The number of hydrogen-bond donors (Lipinski definition) is 2. The van der Waals surface area contributed by atoms with Crippen molar-refractivity contribution in [1.82, 2.24) is 5.32 Å². The van der Waals surface area contributed by atoms with E-state index in [4.69, 9.17) is 9.47 Å². The minimum Gasteiger partial charge on any atom is -0.493 e. The van der Waals surface area contributed by atoms with E-state index in [0.29, 0.717) is 33.9 Å². The van der Waals surface area contributed by atoms with Gasteiger partial charge in [0.05, 0.1) is 14.2 Å². The molecule has 0 fully saturated rings. The molecule has 4 rings (SSSR count). The Morgan fingerprint density at radius 1 is 0.732 bits per heavy atom. The third-order valence-electron chi connectivity index (χ3n) is 6.01. The maximum Gasteiger partial charge on any atom is 0.272 e. The Bertz CT molecular complexity index is 1610. The molecule has 2 amide bonds. The highest BCUT2D eigenvalue weighted by Crippen LogP contribution is 2.31. The number of allylic oxidation sites excluding steroid dienone is 1. The fourth-order valence-electron chi connectivity index (χ4n) is 3.91. The number of carbonyl (C=O) groups is 3. The number of ketones is 1. The van der Waals surface area contributed by atoms with E-state index in [1.54, 1.807) is 84.9 Å². The molecule has 4 aromatic carbocycles. The van der Waals surface area contributed by atoms with E-state index >= 15 is 0 Å². The summed E-state index contributed by atoms with van der Waals surface area (Å²) in [6.07, 6.45) is 4.31. The average Bonchev–Trinajstić information content (AvgIpc) is 3.00. The van der Waals surface area contributed by atoms with Crippen LogP contribution in [0.1, 0.15) is 31.8 Å². The van der Waals surface area contributed by atoms with E-state index in [2.05, 4.69) is 10.6 Å². The molecule has 0 aliphatic heterocycles. The van der Waals surface area contributed by atoms with Crippen molar-refractivity contribution in [2.24, 2.45) is 0 Å². The minimum atomic E-state index is -0.665. The minimum absolute atomic E-state index is 0.131. The maximum atomic E-state index is 14.3. The summed E-state index contributed by atoms with van der Waals surface area (Å²) >= 11 is 0. The molecular weight excluding hydrogens is 523 g/mol. The predicted octanol–water partition coefficient (Wildman–Crippen LogP) is 6.15. The van der Waals surface area contributed by atoms with Gasteiger partial charge in [-0.2, -0.15) is 0 Å². The smallest absolute Gasteiger partial charge is 0.272 e. The third kappa shape index (κ3) is 7.33. The highest BCUT2D eigenvalue weighted by Gasteiger charge is 2.16. The molecule has 0 bridgehead atoms. The van der Waals surface area contributed by atoms with Gasteiger partial charge in [0.1, 0.15) is 11.5 Å². The molecule has 0 saturated heterocycles. The quantitative estimate of drug-likeness (QED) is 0.183. The first-order valence-corrected chi connectivity index (χ1v) is 12.6. The summed E-state index contributed by atoms with van der Waals surface area (Å²) in [4.78, 5) is 38.7. The van der Waals surface area contributed by atoms with Crippen molar-refractivity contribution < 1.29 is 28.2 Å². The van der Waals surface area contributed by atoms with E-state index < -0.39 is 17.6 Å². The van der Waals surface area contributed by atoms with Crippen molar-refractivity contribution in [3.8, 4) is 11.5 Å². The lowest BCUT2D eigenvalue weighted by Gasteiger charge is -2.12. The van der Waals surface area contributed by atoms with Crippen LogP contribution in [0.2, 0.25) is 0 Å². The van der Waals surface area contributed by atoms with E-state index in [9.17, 15) is 18.8 Å². The average molecular weight is 551 g/mol. The van der Waals surface area contributed by atoms with Gasteiger partial charge >= 0.3 is 0 Å². The summed E-state index contributed by atoms with van der Waals surface area (Å²) in [5.74, 6) is -0.941. The molecule has 0 saturated carbocycles. The number of hydrogen-bond acceptors (Lipinski definition) is 5. The van der Waals surface area contributed by atoms with Gasteiger partial charge in [-0.05, 0) is 66.8 Å². The van der Waals surface area contributed by atoms with Crippen molar-refractivity contribution in [3.63, 3.8) is 0 Å². The molecule has 0 atom stereocenters. The number of halogens is 1. The molecule has 0 heterocycles. The Balaban J connectivity index is 1.50. The van der Waals surface area contributed by atoms with Crippen LogP contribution in [0.15, 0.2) is 109 Å². The third-order valence-corrected chi connectivity index (χ3v) is 6.01. The molecule has 206 valence electrons. The van der Waals surface area contributed by atoms with Crippen LogP contribution in [0, 0.1) is 5.82 Å². The van der Waals surface area contributed by atoms with Gasteiger partial charge in [-0.1, -0.05) is 48.5 Å². The van der Waals surface area contributed by atoms with Crippen LogP contribution in [-0.2, 0) is 4.79 Å². The highest BCUT2D eigenvalue weighted by molar-refractivity contribution is 6.11. The highest BCUT2D eigenvalue weighted by atomic mass is 19.1. The van der Waals surface area contributed by atoms with E-state index in [-0.39, 0.29) is 17.0 Å². The van der Waals surface area contributed by atoms with Crippen LogP contribution < -0.4 is 20.1 Å². The number of amides is 2. The molecule has 4 aromatic rings. The number of para-hydroxylation sites is 1. The molecule has 0 radical (unpaired) electrons. The number of nitrogens with one attached hydrogen (secondary N) is 2. The Hall–Kier alpha value is -5.50. The number of rotatable bonds is 10. The van der Waals surface area contributed by atoms with Gasteiger partial charge in [-0.3, -0.25) is 14.4 Å². The van der Waals surface area contributed by atoms with Crippen molar-refractivity contribution in [3.05, 3.63) is 137 Å². The number of ether oxygens (including phenoxy) is 2. The summed E-state index contributed by atoms with van der Waals surface area (Å²) in [5.41, 5.74) is 1.75. The molecule has 0 aliphatic carbocycles. The van der Waals surface area contributed by atoms with Crippen molar-refractivity contribution >= 4 is 35.4 Å². The van der Waals surface area contributed by atoms with Crippen molar-refractivity contribution in [1.29, 1.82) is 0 Å². The zero-order chi connectivity index (χ0) is 29.2. The Labute approximate surface area is 236 Å². The second-order valence-corrected chi connectivity index (χ2v) is 8.71. The van der Waals surface area contributed by atoms with E-state index in [0.717, 1.165) is 0 Å². The largest absolute Gasteiger partial charge is 0.493 e. The zero-order valence-electron chi connectivity index (χ0n) is 22.4. The molecule has 7 nitrogen and oxygen atoms in total. The lowest BCUT2D eigenvalue weighted by Crippen LogP contribution is -2.30. The summed E-state index contributed by atoms with van der Waals surface area (Å²) in [6.45, 7) is 0. The lowest BCUT2D eigenvalue weighted by atomic mass is 10.1. The van der Waals surface area contributed by atoms with E-state index in [1.165, 1.54) is 44.6 Å². The second kappa shape index (κ2) is 13.5. The van der Waals surface area contributed by atoms with Crippen LogP contribution in [-0.4, -0.2) is 31.8 Å². The number of methoxy groups -OCH3 is 2. The van der Waals surface area contributed by atoms with Gasteiger partial charge in [0.2, 0.25) is 0 Å². The topological polar surface area (TPSA) is 93.7 Å². The molecule has 2 N–H and O–H groups in total. The Morgan fingerprint density at radius 3 is 2.10 bits per heavy atom. The van der Waals surface area contributed by atoms with Crippen molar-refractivity contribution in [2.75, 3.05) is 19.5 Å². The van der Waals surface area contributed by atoms with Crippen LogP contribution in [0.4, 0.5) is 10.1 Å². The van der Waals surface area contributed by atoms with Gasteiger partial charge < -0.3 is 20.1 Å². The SMILES string of the molecule is COc1cccc(/C=C/C(=O)c2ccc(NC(=O)/C(=C/c3ccccc3F)NC(=O)c3ccccc3)cc2)c1OC. The summed E-state index contributed by atoms with van der Waals surface area (Å²) in [5, 5.41) is 5.26. The molecule has 0 unspecified atom stereocenters. The first kappa shape index (κ1) is 28.5. The Kier molecular flexibility index (Phi) is 9.41. The van der Waals surface area contributed by atoms with Crippen LogP contribution in [0.5, 0.6) is 11.5 Å². The van der Waals surface area contributed by atoms with Gasteiger partial charge in [-0.25, -0.2) is 4.39 Å². The second-order valence-electron chi connectivity index (χ2n) is 8.71. The van der Waals surface area contributed by atoms with Crippen LogP contribution >= 0.6 is 0 Å². The van der Waals surface area contributed by atoms with Crippen LogP contribution in [0.3, 0.4) is 0 Å². The summed E-state index contributed by atoms with van der Waals surface area (Å²) in [6, 6.07) is 25.9. The van der Waals surface area contributed by atoms with Gasteiger partial charge in [-0.15, -0.1) is 0 Å². The first-order valence-electron chi connectivity index (χ1n) is 12.6. The lowest BCUT2D eigenvalue weighted by molar-refractivity contribution is -0.113. The fraction of sp³-hybridized carbons (Fsp3) is 0.0606. The predicted molar refractivity (Wildman–Crippen MR) is 156 cm³/mol. The van der Waals surface area contributed by atoms with Gasteiger partial charge in [0.15, 0.2) is 17.3 Å². The number of benzene rings is 4. The molecule has 8 heteroatoms. The standard InChI is InChI=1S/C33H27FN2O5/c1-40-30-14-8-12-23(31(30)41-2)17-20-29(37)22-15-18-26(19-16-22)35-33(39)28(21-25-11-6-7-13-27(25)34)36-32(38)24-9-4-3-5-10-24/h3-21H,1-2H3,(H,35,39)(H,36,38)/b20-17+,28-21-. The maximum absolute atomic E-state index is 14.3. The molecule has 41 heavy (non-hydrogen) atoms. The summed E-state index contributed by atoms with van der Waals surface area (Å²) in [7, 11) is 3.06. The normalized spacial score (nSPS) is 11.1. The van der Waals surface area contributed by atoms with Gasteiger partial charge in [0, 0.05) is 27.9 Å². The van der Waals surface area contributed by atoms with Gasteiger partial charge in [0.25, 0.3) is 11.8 Å². The number of carbonyl (C=O) groups excluding carboxylic acids is 3. The molecule has 0 aromatic heterocycles. The monoisotopic (exact) mass is 550 g/mol. The molecular formula is C33H27FN2O5. The zero-order valence-corrected chi connectivity index (χ0v) is 22.4. The number of anilines is 1. The summed E-state index contributed by atoms with van der Waals surface area (Å²) < 4.78 is 25.0. The Morgan fingerprint density at radius 2 is 1.41 bits per heavy atom. The van der Waals surface area contributed by atoms with E-state index in [1.807, 2.05) is 0 Å². The van der Waals surface area contributed by atoms with Crippen LogP contribution in [0.25, 0.3) is 12.2 Å². The van der Waals surface area contributed by atoms with Crippen molar-refractivity contribution in [2.45, 2.75) is 0 Å².